The summed E-state index contributed by atoms with van der Waals surface area (Å²) in [6.07, 6.45) is 7.87. The molecular formula is C112H142F2N14O15S2. The first-order chi connectivity index (χ1) is 69.0. The van der Waals surface area contributed by atoms with E-state index in [1.807, 2.05) is 189 Å². The highest BCUT2D eigenvalue weighted by Crippen LogP contribution is 2.44. The number of thiazole rings is 2. The van der Waals surface area contributed by atoms with E-state index in [4.69, 9.17) is 25.7 Å². The highest BCUT2D eigenvalue weighted by atomic mass is 32.1. The van der Waals surface area contributed by atoms with E-state index in [2.05, 4.69) is 55.0 Å². The molecule has 6 aromatic carbocycles. The number of esters is 1. The van der Waals surface area contributed by atoms with Crippen molar-refractivity contribution < 1.29 is 80.8 Å². The molecule has 0 spiro atoms. The molecule has 2 saturated heterocycles. The number of amides is 10. The molecule has 10 amide bonds. The lowest BCUT2D eigenvalue weighted by atomic mass is 9.84. The fourth-order valence-corrected chi connectivity index (χ4v) is 22.1. The predicted octanol–water partition coefficient (Wildman–Crippen LogP) is 15.3. The molecule has 145 heavy (non-hydrogen) atoms. The van der Waals surface area contributed by atoms with Gasteiger partial charge < -0.3 is 72.5 Å². The number of nitrogens with zero attached hydrogens (tertiary/aromatic N) is 6. The van der Waals surface area contributed by atoms with Gasteiger partial charge in [0, 0.05) is 88.1 Å². The summed E-state index contributed by atoms with van der Waals surface area (Å²) in [5, 5.41) is 29.4. The molecule has 14 atom stereocenters. The Morgan fingerprint density at radius 1 is 0.503 bits per heavy atom. The summed E-state index contributed by atoms with van der Waals surface area (Å²) in [7, 11) is 0. The number of hydrogen-bond donors (Lipinski definition) is 9. The number of aliphatic hydroxyl groups excluding tert-OH is 1. The molecule has 776 valence electrons. The Kier molecular flexibility index (Phi) is 37.0. The zero-order valence-corrected chi connectivity index (χ0v) is 87.3. The molecule has 0 bridgehead atoms. The van der Waals surface area contributed by atoms with Crippen LogP contribution in [0.3, 0.4) is 0 Å². The topological polar surface area (TPSA) is 399 Å². The Morgan fingerprint density at radius 2 is 0.890 bits per heavy atom. The van der Waals surface area contributed by atoms with Crippen molar-refractivity contribution in [1.29, 1.82) is 0 Å². The molecule has 14 rings (SSSR count). The number of likely N-dealkylation sites (tertiary alicyclic amines) is 2. The van der Waals surface area contributed by atoms with Crippen LogP contribution in [0, 0.1) is 48.1 Å². The van der Waals surface area contributed by atoms with Crippen LogP contribution in [0.25, 0.3) is 20.9 Å². The van der Waals surface area contributed by atoms with Gasteiger partial charge in [-0.25, -0.2) is 18.7 Å². The lowest BCUT2D eigenvalue weighted by molar-refractivity contribution is -0.146. The van der Waals surface area contributed by atoms with Gasteiger partial charge in [-0.05, 0) is 183 Å². The fraction of sp³-hybridized carbons (Fsp3) is 0.491. The number of aliphatic hydroxyl groups is 1. The van der Waals surface area contributed by atoms with Gasteiger partial charge in [0.15, 0.2) is 23.1 Å². The van der Waals surface area contributed by atoms with Gasteiger partial charge in [0.25, 0.3) is 0 Å². The van der Waals surface area contributed by atoms with E-state index in [1.54, 1.807) is 56.7 Å². The number of hydrogen-bond acceptors (Lipinski definition) is 21. The highest BCUT2D eigenvalue weighted by Gasteiger charge is 2.48. The number of anilines is 2. The largest absolute Gasteiger partial charge is 0.488 e. The van der Waals surface area contributed by atoms with Gasteiger partial charge in [-0.1, -0.05) is 191 Å². The molecular weight excluding hydrogens is 1880 g/mol. The molecule has 2 aromatic heterocycles. The number of carbonyl (C=O) groups is 11. The summed E-state index contributed by atoms with van der Waals surface area (Å²) in [6.45, 7) is 33.9. The predicted molar refractivity (Wildman–Crippen MR) is 557 cm³/mol. The van der Waals surface area contributed by atoms with Crippen LogP contribution in [0.2, 0.25) is 0 Å². The maximum Gasteiger partial charge on any atom is 0.302 e. The van der Waals surface area contributed by atoms with Gasteiger partial charge >= 0.3 is 5.97 Å². The van der Waals surface area contributed by atoms with Crippen LogP contribution in [-0.2, 0) is 96.0 Å². The average Bonchev–Trinajstić information content (AvgIpc) is 1.60. The van der Waals surface area contributed by atoms with Crippen molar-refractivity contribution >= 4 is 99.1 Å². The highest BCUT2D eigenvalue weighted by molar-refractivity contribution is 7.13. The van der Waals surface area contributed by atoms with E-state index in [-0.39, 0.29) is 160 Å². The third-order valence-corrected chi connectivity index (χ3v) is 30.5. The maximum atomic E-state index is 16.0. The van der Waals surface area contributed by atoms with E-state index < -0.39 is 101 Å². The van der Waals surface area contributed by atoms with E-state index in [1.165, 1.54) is 19.1 Å². The van der Waals surface area contributed by atoms with E-state index >= 15 is 8.78 Å². The van der Waals surface area contributed by atoms with Gasteiger partial charge in [0.05, 0.1) is 92.4 Å². The summed E-state index contributed by atoms with van der Waals surface area (Å²) < 4.78 is 49.5. The monoisotopic (exact) mass is 2030 g/mol. The van der Waals surface area contributed by atoms with Crippen LogP contribution in [-0.4, -0.2) is 177 Å². The number of nitrogens with one attached hydrogen (secondary N) is 6. The normalized spacial score (nSPS) is 19.6. The van der Waals surface area contributed by atoms with Crippen molar-refractivity contribution in [2.45, 2.75) is 304 Å². The molecule has 6 aliphatic rings. The van der Waals surface area contributed by atoms with Crippen LogP contribution in [0.15, 0.2) is 157 Å². The van der Waals surface area contributed by atoms with Crippen molar-refractivity contribution in [3.8, 4) is 32.4 Å². The number of unbranched alkanes of at least 4 members (excludes halogenated alkanes) is 4. The SMILES string of the molecule is C=C([C@@H](NC(=O)CCCCCc1cccc(OC[C@H](CCC(N)=O)NC(=O)[C@@H]2Cc3cccc4c3N2C(=O)[C@@H](C)CC4)c1F)C(C)(C)C)N1C[C@H](O)C[C@H]1C(=O)N[C@@H](C)c1ccc(-c2scnc2C)cc1.C=C([C@@H](NC(=O)CCCCCc1cccc(OC[C@H](CCC(N)=O)NC(=O)[C@@H]2Cc3cccc4c3N2C(=O)[C@@H](C)CC4)c1F)C(C)(C)C)N1C[C@H](OC(C)=O)C[C@H]1C(=O)N[C@@H](C)c1ccc(-c2scnc2C)cc1. The second kappa shape index (κ2) is 49.0. The van der Waals surface area contributed by atoms with Crippen LogP contribution in [0.4, 0.5) is 20.2 Å². The zero-order chi connectivity index (χ0) is 105. The quantitative estimate of drug-likeness (QED) is 0.0127. The minimum absolute atomic E-state index is 0.00224. The van der Waals surface area contributed by atoms with Crippen LogP contribution >= 0.6 is 22.7 Å². The number of aryl methyl sites for hydroxylation is 6. The Labute approximate surface area is 857 Å². The van der Waals surface area contributed by atoms with Crippen molar-refractivity contribution in [1.82, 2.24) is 51.7 Å². The number of benzene rings is 6. The average molecular weight is 2030 g/mol. The molecule has 29 nitrogen and oxygen atoms in total. The number of rotatable bonds is 43. The standard InChI is InChI=1S/C57H72FN7O8S.C55H70FN7O7S/c1-33-20-21-40-16-12-17-42-28-46(65(51(40)42)56(33)71)55(70)62-43(26-27-48(59)67)31-72-47-18-13-15-39(50(47)58)14-10-9-11-19-49(68)63-53(57(6,7)8)36(4)64-30-44(73-37(5)66)29-45(64)54(69)61-34(2)38-22-24-41(25-23-38)52-35(3)60-32-74-52;1-32-19-20-38-15-11-16-40-27-44(63(49(38)40)54(32)69)53(68)60-41(25-26-46(57)65)30-70-45-17-12-14-37(48(45)56)13-9-8-10-18-47(66)61-51(55(5,6)7)35(4)62-29-42(64)28-43(62)52(67)59-33(2)36-21-23-39(24-22-36)50-34(3)58-31-71-50/h12-13,15-18,22-25,32-34,43-46,53H,4,9-11,14,19-21,26-31H2,1-3,5-8H3,(H2,59,67)(H,61,69)(H,62,70)(H,63,68);11-12,14-17,21-24,31-33,41-44,51,64H,4,8-10,13,18-20,25-30H2,1-3,5-7H3,(H2,57,65)(H,59,67)(H,60,68)(H,61,66)/t33-,34-,43-,44+,45-,46-,53+;32-,33-,41-,42+,43-,44-,51+/m00/s1. The molecule has 0 saturated carbocycles. The Bertz CT molecular complexity index is 6030. The third-order valence-electron chi connectivity index (χ3n) is 28.6. The molecule has 0 unspecified atom stereocenters. The summed E-state index contributed by atoms with van der Waals surface area (Å²) >= 11 is 3.16. The molecule has 6 aliphatic heterocycles. The minimum atomic E-state index is -0.767. The van der Waals surface area contributed by atoms with Gasteiger partial charge in [-0.3, -0.25) is 62.5 Å². The van der Waals surface area contributed by atoms with Gasteiger partial charge in [-0.2, -0.15) is 0 Å². The van der Waals surface area contributed by atoms with Crippen molar-refractivity contribution in [3.05, 3.63) is 224 Å². The number of aromatic nitrogens is 2. The van der Waals surface area contributed by atoms with Crippen LogP contribution in [0.1, 0.15) is 247 Å². The molecule has 8 heterocycles. The van der Waals surface area contributed by atoms with Gasteiger partial charge in [-0.15, -0.1) is 22.7 Å². The summed E-state index contributed by atoms with van der Waals surface area (Å²) in [5.41, 5.74) is 27.2. The minimum Gasteiger partial charge on any atom is -0.488 e. The molecule has 8 aromatic rings. The molecule has 2 fully saturated rings. The third kappa shape index (κ3) is 27.7. The molecule has 0 aliphatic carbocycles. The maximum absolute atomic E-state index is 16.0. The van der Waals surface area contributed by atoms with Crippen molar-refractivity contribution in [2.75, 3.05) is 36.1 Å². The number of ether oxygens (including phenoxy) is 3. The van der Waals surface area contributed by atoms with E-state index in [0.29, 0.717) is 99.6 Å². The second-order valence-electron chi connectivity index (χ2n) is 41.9. The number of nitrogens with two attached hydrogens (primary N) is 2. The number of carbonyl (C=O) groups excluding carboxylic acids is 11. The summed E-state index contributed by atoms with van der Waals surface area (Å²) in [5.74, 6) is -4.87. The number of primary amides is 2. The zero-order valence-electron chi connectivity index (χ0n) is 85.7. The molecule has 11 N–H and O–H groups in total. The lowest BCUT2D eigenvalue weighted by Gasteiger charge is -2.39. The lowest BCUT2D eigenvalue weighted by Crippen LogP contribution is -2.52. The number of para-hydroxylation sites is 2. The second-order valence-corrected chi connectivity index (χ2v) is 43.6. The van der Waals surface area contributed by atoms with E-state index in [0.717, 1.165) is 89.9 Å². The Balaban J connectivity index is 0.000000243. The summed E-state index contributed by atoms with van der Waals surface area (Å²) in [6, 6.07) is 31.7. The van der Waals surface area contributed by atoms with Crippen LogP contribution in [0.5, 0.6) is 11.5 Å². The summed E-state index contributed by atoms with van der Waals surface area (Å²) in [4.78, 5) is 164. The van der Waals surface area contributed by atoms with Gasteiger partial charge in [0.1, 0.15) is 43.5 Å². The smallest absolute Gasteiger partial charge is 0.302 e. The first-order valence-corrected chi connectivity index (χ1v) is 52.6. The van der Waals surface area contributed by atoms with Gasteiger partial charge in [0.2, 0.25) is 59.1 Å². The van der Waals surface area contributed by atoms with Crippen molar-refractivity contribution in [2.24, 2.45) is 34.1 Å². The Hall–Kier alpha value is -12.8. The first kappa shape index (κ1) is 109. The van der Waals surface area contributed by atoms with Crippen molar-refractivity contribution in [3.63, 3.8) is 0 Å². The first-order valence-electron chi connectivity index (χ1n) is 50.8. The van der Waals surface area contributed by atoms with E-state index in [9.17, 15) is 57.8 Å². The number of halogens is 2. The number of β-amino-alcohol motifs (C(OH)–C–C–N with tert-alkyl or cyclic N) is 1. The van der Waals surface area contributed by atoms with Crippen LogP contribution < -0.4 is 62.6 Å². The molecule has 0 radical (unpaired) electrons. The molecule has 33 heteroatoms. The Morgan fingerprint density at radius 3 is 1.28 bits per heavy atom. The fourth-order valence-electron chi connectivity index (χ4n) is 20.5.